The molecule has 7 heteroatoms. The van der Waals surface area contributed by atoms with Gasteiger partial charge in [-0.1, -0.05) is 29.8 Å². The zero-order valence-electron chi connectivity index (χ0n) is 16.2. The molecule has 1 N–H and O–H groups in total. The minimum atomic E-state index is -0.490. The highest BCUT2D eigenvalue weighted by atomic mass is 35.5. The highest BCUT2D eigenvalue weighted by molar-refractivity contribution is 6.30. The van der Waals surface area contributed by atoms with Gasteiger partial charge >= 0.3 is 0 Å². The third-order valence-corrected chi connectivity index (χ3v) is 4.43. The van der Waals surface area contributed by atoms with Crippen LogP contribution in [0.25, 0.3) is 6.08 Å². The minimum absolute atomic E-state index is 0.0292. The quantitative estimate of drug-likeness (QED) is 0.418. The van der Waals surface area contributed by atoms with Crippen LogP contribution < -0.4 is 14.8 Å². The molecule has 0 atom stereocenters. The summed E-state index contributed by atoms with van der Waals surface area (Å²) >= 11 is 5.89. The number of amides is 1. The summed E-state index contributed by atoms with van der Waals surface area (Å²) in [6.07, 6.45) is 3.01. The van der Waals surface area contributed by atoms with Crippen molar-refractivity contribution in [2.24, 2.45) is 0 Å². The lowest BCUT2D eigenvalue weighted by Crippen LogP contribution is -2.23. The third-order valence-electron chi connectivity index (χ3n) is 4.17. The molecule has 3 rings (SSSR count). The number of methoxy groups -OCH3 is 1. The number of nitriles is 1. The van der Waals surface area contributed by atoms with E-state index in [-0.39, 0.29) is 12.1 Å². The SMILES string of the molecule is COc1cc(/C=C(/C#N)C(=O)NCc2ccco2)ccc1OCc1ccc(Cl)cc1. The first-order chi connectivity index (χ1) is 14.6. The van der Waals surface area contributed by atoms with Crippen molar-refractivity contribution in [2.45, 2.75) is 13.2 Å². The predicted molar refractivity (Wildman–Crippen MR) is 113 cm³/mol. The Morgan fingerprint density at radius 3 is 2.67 bits per heavy atom. The lowest BCUT2D eigenvalue weighted by molar-refractivity contribution is -0.117. The molecule has 2 aromatic carbocycles. The molecule has 0 spiro atoms. The third kappa shape index (κ3) is 5.66. The van der Waals surface area contributed by atoms with Crippen molar-refractivity contribution in [3.8, 4) is 17.6 Å². The van der Waals surface area contributed by atoms with E-state index in [2.05, 4.69) is 5.32 Å². The van der Waals surface area contributed by atoms with Gasteiger partial charge in [0, 0.05) is 5.02 Å². The van der Waals surface area contributed by atoms with E-state index in [1.54, 1.807) is 42.5 Å². The number of hydrogen-bond donors (Lipinski definition) is 1. The average molecular weight is 423 g/mol. The smallest absolute Gasteiger partial charge is 0.262 e. The van der Waals surface area contributed by atoms with E-state index in [1.807, 2.05) is 18.2 Å². The summed E-state index contributed by atoms with van der Waals surface area (Å²) in [6, 6.07) is 17.9. The van der Waals surface area contributed by atoms with Gasteiger partial charge in [0.15, 0.2) is 11.5 Å². The number of rotatable bonds is 8. The maximum Gasteiger partial charge on any atom is 0.262 e. The summed E-state index contributed by atoms with van der Waals surface area (Å²) in [7, 11) is 1.53. The second-order valence-corrected chi connectivity index (χ2v) is 6.69. The van der Waals surface area contributed by atoms with Gasteiger partial charge in [-0.2, -0.15) is 5.26 Å². The van der Waals surface area contributed by atoms with E-state index in [0.717, 1.165) is 5.56 Å². The number of benzene rings is 2. The molecule has 30 heavy (non-hydrogen) atoms. The molecular formula is C23H19ClN2O4. The van der Waals surface area contributed by atoms with Crippen LogP contribution in [-0.2, 0) is 17.9 Å². The normalized spacial score (nSPS) is 10.9. The Morgan fingerprint density at radius 1 is 1.20 bits per heavy atom. The Morgan fingerprint density at radius 2 is 2.00 bits per heavy atom. The van der Waals surface area contributed by atoms with Crippen LogP contribution >= 0.6 is 11.6 Å². The molecule has 1 aromatic heterocycles. The van der Waals surface area contributed by atoms with Gasteiger partial charge in [-0.15, -0.1) is 0 Å². The molecule has 0 radical (unpaired) electrons. The Kier molecular flexibility index (Phi) is 7.14. The summed E-state index contributed by atoms with van der Waals surface area (Å²) < 4.78 is 16.4. The van der Waals surface area contributed by atoms with Crippen LogP contribution in [0.15, 0.2) is 70.9 Å². The highest BCUT2D eigenvalue weighted by Gasteiger charge is 2.11. The second-order valence-electron chi connectivity index (χ2n) is 6.26. The first-order valence-electron chi connectivity index (χ1n) is 9.06. The molecule has 3 aromatic rings. The predicted octanol–water partition coefficient (Wildman–Crippen LogP) is 4.74. The number of carbonyl (C=O) groups excluding carboxylic acids is 1. The lowest BCUT2D eigenvalue weighted by atomic mass is 10.1. The van der Waals surface area contributed by atoms with Gasteiger partial charge in [0.2, 0.25) is 0 Å². The maximum absolute atomic E-state index is 12.3. The van der Waals surface area contributed by atoms with Crippen molar-refractivity contribution in [3.63, 3.8) is 0 Å². The number of furan rings is 1. The van der Waals surface area contributed by atoms with Crippen molar-refractivity contribution >= 4 is 23.6 Å². The average Bonchev–Trinajstić information content (AvgIpc) is 3.29. The van der Waals surface area contributed by atoms with Crippen LogP contribution in [-0.4, -0.2) is 13.0 Å². The number of hydrogen-bond acceptors (Lipinski definition) is 5. The molecule has 1 amide bonds. The van der Waals surface area contributed by atoms with Crippen LogP contribution in [0, 0.1) is 11.3 Å². The summed E-state index contributed by atoms with van der Waals surface area (Å²) in [4.78, 5) is 12.3. The molecule has 0 bridgehead atoms. The molecule has 0 aliphatic heterocycles. The molecule has 1 heterocycles. The number of nitrogens with zero attached hydrogens (tertiary/aromatic N) is 1. The number of nitrogens with one attached hydrogen (secondary N) is 1. The van der Waals surface area contributed by atoms with E-state index in [0.29, 0.717) is 34.5 Å². The first kappa shape index (κ1) is 21.0. The van der Waals surface area contributed by atoms with Crippen LogP contribution in [0.1, 0.15) is 16.9 Å². The summed E-state index contributed by atoms with van der Waals surface area (Å²) in [6.45, 7) is 0.549. The van der Waals surface area contributed by atoms with Gasteiger partial charge in [0.05, 0.1) is 19.9 Å². The van der Waals surface area contributed by atoms with Gasteiger partial charge in [-0.25, -0.2) is 0 Å². The van der Waals surface area contributed by atoms with E-state index in [1.165, 1.54) is 19.4 Å². The number of halogens is 1. The standard InChI is InChI=1S/C23H19ClN2O4/c1-28-22-12-17(6-9-21(22)30-15-16-4-7-19(24)8-5-16)11-18(13-25)23(27)26-14-20-3-2-10-29-20/h2-12H,14-15H2,1H3,(H,26,27)/b18-11-. The Balaban J connectivity index is 1.69. The van der Waals surface area contributed by atoms with Gasteiger partial charge in [-0.3, -0.25) is 4.79 Å². The number of ether oxygens (including phenoxy) is 2. The molecule has 152 valence electrons. The molecule has 0 saturated heterocycles. The van der Waals surface area contributed by atoms with E-state index in [4.69, 9.17) is 25.5 Å². The van der Waals surface area contributed by atoms with Crippen molar-refractivity contribution in [1.29, 1.82) is 5.26 Å². The first-order valence-corrected chi connectivity index (χ1v) is 9.44. The van der Waals surface area contributed by atoms with Crippen molar-refractivity contribution in [1.82, 2.24) is 5.32 Å². The monoisotopic (exact) mass is 422 g/mol. The Labute approximate surface area is 179 Å². The topological polar surface area (TPSA) is 84.5 Å². The van der Waals surface area contributed by atoms with Crippen molar-refractivity contribution in [2.75, 3.05) is 7.11 Å². The van der Waals surface area contributed by atoms with Crippen LogP contribution in [0.4, 0.5) is 0 Å². The van der Waals surface area contributed by atoms with Crippen LogP contribution in [0.5, 0.6) is 11.5 Å². The van der Waals surface area contributed by atoms with Crippen LogP contribution in [0.2, 0.25) is 5.02 Å². The van der Waals surface area contributed by atoms with Crippen molar-refractivity contribution in [3.05, 3.63) is 88.3 Å². The zero-order chi connectivity index (χ0) is 21.3. The Bertz CT molecular complexity index is 1070. The van der Waals surface area contributed by atoms with Crippen molar-refractivity contribution < 1.29 is 18.7 Å². The van der Waals surface area contributed by atoms with E-state index >= 15 is 0 Å². The largest absolute Gasteiger partial charge is 0.493 e. The maximum atomic E-state index is 12.3. The summed E-state index contributed by atoms with van der Waals surface area (Å²) in [5, 5.41) is 12.7. The minimum Gasteiger partial charge on any atom is -0.493 e. The zero-order valence-corrected chi connectivity index (χ0v) is 17.0. The van der Waals surface area contributed by atoms with Gasteiger partial charge < -0.3 is 19.2 Å². The Hall–Kier alpha value is -3.69. The molecule has 6 nitrogen and oxygen atoms in total. The van der Waals surface area contributed by atoms with Gasteiger partial charge in [0.1, 0.15) is 24.0 Å². The van der Waals surface area contributed by atoms with Gasteiger partial charge in [0.25, 0.3) is 5.91 Å². The number of carbonyl (C=O) groups is 1. The van der Waals surface area contributed by atoms with Gasteiger partial charge in [-0.05, 0) is 53.6 Å². The molecule has 0 fully saturated rings. The fourth-order valence-electron chi connectivity index (χ4n) is 2.63. The molecule has 0 saturated carbocycles. The fraction of sp³-hybridized carbons (Fsp3) is 0.130. The summed E-state index contributed by atoms with van der Waals surface area (Å²) in [5.74, 6) is 1.15. The molecule has 0 unspecified atom stereocenters. The van der Waals surface area contributed by atoms with E-state index in [9.17, 15) is 10.1 Å². The summed E-state index contributed by atoms with van der Waals surface area (Å²) in [5.41, 5.74) is 1.57. The molecular weight excluding hydrogens is 404 g/mol. The molecule has 0 aliphatic carbocycles. The van der Waals surface area contributed by atoms with Crippen LogP contribution in [0.3, 0.4) is 0 Å². The molecule has 0 aliphatic rings. The lowest BCUT2D eigenvalue weighted by Gasteiger charge is -2.12. The fourth-order valence-corrected chi connectivity index (χ4v) is 2.75. The van der Waals surface area contributed by atoms with E-state index < -0.39 is 5.91 Å². The highest BCUT2D eigenvalue weighted by Crippen LogP contribution is 2.29. The second kappa shape index (κ2) is 10.2.